The van der Waals surface area contributed by atoms with E-state index in [-0.39, 0.29) is 0 Å². The second kappa shape index (κ2) is 14.1. The van der Waals surface area contributed by atoms with Crippen LogP contribution in [0.1, 0.15) is 22.3 Å². The normalized spacial score (nSPS) is 12.7. The summed E-state index contributed by atoms with van der Waals surface area (Å²) in [5, 5.41) is 4.96. The molecular formula is C59H40N2. The van der Waals surface area contributed by atoms with E-state index >= 15 is 0 Å². The van der Waals surface area contributed by atoms with Gasteiger partial charge >= 0.3 is 0 Å². The summed E-state index contributed by atoms with van der Waals surface area (Å²) in [6.45, 7) is 0. The van der Waals surface area contributed by atoms with Crippen LogP contribution in [0.5, 0.6) is 0 Å². The number of hydrogen-bond donors (Lipinski definition) is 0. The quantitative estimate of drug-likeness (QED) is 0.156. The highest BCUT2D eigenvalue weighted by atomic mass is 15.1. The van der Waals surface area contributed by atoms with Crippen molar-refractivity contribution in [2.75, 3.05) is 4.90 Å². The van der Waals surface area contributed by atoms with Crippen LogP contribution in [0.4, 0.5) is 17.1 Å². The molecule has 0 spiro atoms. The van der Waals surface area contributed by atoms with E-state index < -0.39 is 5.41 Å². The zero-order valence-electron chi connectivity index (χ0n) is 33.5. The second-order valence-corrected chi connectivity index (χ2v) is 16.1. The average molecular weight is 777 g/mol. The zero-order valence-corrected chi connectivity index (χ0v) is 33.5. The van der Waals surface area contributed by atoms with Crippen molar-refractivity contribution in [3.05, 3.63) is 265 Å². The first-order valence-electron chi connectivity index (χ1n) is 21.1. The van der Waals surface area contributed by atoms with E-state index in [9.17, 15) is 0 Å². The van der Waals surface area contributed by atoms with Crippen LogP contribution in [0.2, 0.25) is 0 Å². The number of anilines is 3. The Labute approximate surface area is 355 Å². The maximum atomic E-state index is 2.47. The van der Waals surface area contributed by atoms with Crippen LogP contribution in [0.3, 0.4) is 0 Å². The van der Waals surface area contributed by atoms with Crippen molar-refractivity contribution < 1.29 is 0 Å². The van der Waals surface area contributed by atoms with E-state index in [1.165, 1.54) is 77.1 Å². The molecule has 2 heteroatoms. The highest BCUT2D eigenvalue weighted by Gasteiger charge is 2.46. The van der Waals surface area contributed by atoms with Gasteiger partial charge in [-0.25, -0.2) is 0 Å². The average Bonchev–Trinajstić information content (AvgIpc) is 3.81. The molecule has 10 aromatic carbocycles. The summed E-state index contributed by atoms with van der Waals surface area (Å²) >= 11 is 0. The Balaban J connectivity index is 1.05. The van der Waals surface area contributed by atoms with Gasteiger partial charge in [0.15, 0.2) is 0 Å². The molecular weight excluding hydrogens is 737 g/mol. The fourth-order valence-electron chi connectivity index (χ4n) is 10.2. The molecule has 61 heavy (non-hydrogen) atoms. The number of benzene rings is 10. The first-order chi connectivity index (χ1) is 30.3. The molecule has 286 valence electrons. The number of hydrogen-bond acceptors (Lipinski definition) is 1. The van der Waals surface area contributed by atoms with Crippen molar-refractivity contribution in [2.24, 2.45) is 0 Å². The summed E-state index contributed by atoms with van der Waals surface area (Å²) in [4.78, 5) is 2.39. The largest absolute Gasteiger partial charge is 0.310 e. The van der Waals surface area contributed by atoms with Gasteiger partial charge in [-0.3, -0.25) is 0 Å². The molecule has 0 unspecified atom stereocenters. The van der Waals surface area contributed by atoms with Crippen molar-refractivity contribution in [2.45, 2.75) is 5.41 Å². The number of aromatic nitrogens is 1. The second-order valence-electron chi connectivity index (χ2n) is 16.1. The number of para-hydroxylation sites is 3. The molecule has 12 rings (SSSR count). The van der Waals surface area contributed by atoms with Gasteiger partial charge < -0.3 is 9.47 Å². The van der Waals surface area contributed by atoms with Gasteiger partial charge in [0.25, 0.3) is 0 Å². The number of nitrogens with zero attached hydrogens (tertiary/aromatic N) is 2. The third kappa shape index (κ3) is 5.50. The van der Waals surface area contributed by atoms with Crippen molar-refractivity contribution in [3.8, 4) is 27.9 Å². The molecule has 0 amide bonds. The first-order valence-corrected chi connectivity index (χ1v) is 21.1. The lowest BCUT2D eigenvalue weighted by Crippen LogP contribution is -2.28. The molecule has 1 heterocycles. The van der Waals surface area contributed by atoms with E-state index in [4.69, 9.17) is 0 Å². The molecule has 0 radical (unpaired) electrons. The molecule has 0 saturated heterocycles. The van der Waals surface area contributed by atoms with E-state index in [0.29, 0.717) is 0 Å². The van der Waals surface area contributed by atoms with Crippen molar-refractivity contribution >= 4 is 49.6 Å². The van der Waals surface area contributed by atoms with Crippen LogP contribution in [0.25, 0.3) is 60.5 Å². The predicted octanol–water partition coefficient (Wildman–Crippen LogP) is 15.4. The smallest absolute Gasteiger partial charge is 0.0714 e. The van der Waals surface area contributed by atoms with Crippen LogP contribution in [0.15, 0.2) is 243 Å². The van der Waals surface area contributed by atoms with Crippen LogP contribution >= 0.6 is 0 Å². The minimum Gasteiger partial charge on any atom is -0.310 e. The molecule has 0 fully saturated rings. The predicted molar refractivity (Wildman–Crippen MR) is 256 cm³/mol. The van der Waals surface area contributed by atoms with E-state index in [1.54, 1.807) is 0 Å². The molecule has 0 N–H and O–H groups in total. The molecule has 0 bridgehead atoms. The summed E-state index contributed by atoms with van der Waals surface area (Å²) in [5.41, 5.74) is 16.4. The molecule has 0 saturated carbocycles. The molecule has 1 aliphatic carbocycles. The zero-order chi connectivity index (χ0) is 40.3. The molecule has 1 aromatic heterocycles. The van der Waals surface area contributed by atoms with Gasteiger partial charge in [-0.15, -0.1) is 0 Å². The maximum Gasteiger partial charge on any atom is 0.0714 e. The van der Waals surface area contributed by atoms with Gasteiger partial charge in [0.1, 0.15) is 0 Å². The highest BCUT2D eigenvalue weighted by molar-refractivity contribution is 6.10. The Morgan fingerprint density at radius 1 is 0.328 bits per heavy atom. The molecule has 0 aliphatic heterocycles. The lowest BCUT2D eigenvalue weighted by Gasteiger charge is -2.34. The van der Waals surface area contributed by atoms with Crippen LogP contribution in [0, 0.1) is 0 Å². The van der Waals surface area contributed by atoms with Crippen molar-refractivity contribution in [1.82, 2.24) is 4.57 Å². The molecule has 11 aromatic rings. The van der Waals surface area contributed by atoms with E-state index in [2.05, 4.69) is 252 Å². The van der Waals surface area contributed by atoms with Crippen molar-refractivity contribution in [3.63, 3.8) is 0 Å². The van der Waals surface area contributed by atoms with E-state index in [0.717, 1.165) is 22.7 Å². The van der Waals surface area contributed by atoms with Gasteiger partial charge in [-0.1, -0.05) is 164 Å². The highest BCUT2D eigenvalue weighted by Crippen LogP contribution is 2.57. The SMILES string of the molecule is c1ccc(N(c2cccc(-c3ccc4c(c3)C(c3ccccc3)(c3ccccc3)c3cc5ccccc5cc3-4)c2)c2ccc3c(c2)c2ccccc2n3-c2ccccc2)cc1. The van der Waals surface area contributed by atoms with Gasteiger partial charge in [-0.05, 0) is 134 Å². The number of rotatable bonds is 7. The summed E-state index contributed by atoms with van der Waals surface area (Å²) in [7, 11) is 0. The van der Waals surface area contributed by atoms with Crippen molar-refractivity contribution in [1.29, 1.82) is 0 Å². The Hall–Kier alpha value is -7.94. The third-order valence-electron chi connectivity index (χ3n) is 12.8. The fraction of sp³-hybridized carbons (Fsp3) is 0.0169. The van der Waals surface area contributed by atoms with Gasteiger partial charge in [0.2, 0.25) is 0 Å². The minimum absolute atomic E-state index is 0.505. The Bertz CT molecular complexity index is 3360. The standard InChI is InChI=1S/C59H40N2/c1-5-21-45(22-6-1)59(46-23-7-2-8-24-46)55-39-44(32-34-51(55)53-37-42-18-13-14-19-43(42)38-56(53)59)41-20-17-29-49(36-41)60(47-25-9-3-10-26-47)50-33-35-58-54(40-50)52-30-15-16-31-57(52)61(58)48-27-11-4-12-28-48/h1-40H. The minimum atomic E-state index is -0.505. The maximum absolute atomic E-state index is 2.47. The fourth-order valence-corrected chi connectivity index (χ4v) is 10.2. The summed E-state index contributed by atoms with van der Waals surface area (Å²) < 4.78 is 2.38. The first kappa shape index (κ1) is 35.0. The molecule has 0 atom stereocenters. The van der Waals surface area contributed by atoms with Crippen LogP contribution in [-0.2, 0) is 5.41 Å². The van der Waals surface area contributed by atoms with Crippen LogP contribution in [-0.4, -0.2) is 4.57 Å². The Kier molecular flexibility index (Phi) is 8.11. The van der Waals surface area contributed by atoms with E-state index in [1.807, 2.05) is 0 Å². The van der Waals surface area contributed by atoms with Gasteiger partial charge in [-0.2, -0.15) is 0 Å². The Morgan fingerprint density at radius 2 is 0.885 bits per heavy atom. The summed E-state index contributed by atoms with van der Waals surface area (Å²) in [6, 6.07) is 89.1. The monoisotopic (exact) mass is 776 g/mol. The molecule has 2 nitrogen and oxygen atoms in total. The summed E-state index contributed by atoms with van der Waals surface area (Å²) in [5.74, 6) is 0. The molecule has 1 aliphatic rings. The topological polar surface area (TPSA) is 8.17 Å². The Morgan fingerprint density at radius 3 is 1.62 bits per heavy atom. The van der Waals surface area contributed by atoms with Gasteiger partial charge in [0, 0.05) is 33.5 Å². The summed E-state index contributed by atoms with van der Waals surface area (Å²) in [6.07, 6.45) is 0. The lowest BCUT2D eigenvalue weighted by atomic mass is 9.67. The van der Waals surface area contributed by atoms with Gasteiger partial charge in [0.05, 0.1) is 16.4 Å². The van der Waals surface area contributed by atoms with Crippen LogP contribution < -0.4 is 4.90 Å². The number of fused-ring (bicyclic) bond motifs is 7. The lowest BCUT2D eigenvalue weighted by molar-refractivity contribution is 0.770. The third-order valence-corrected chi connectivity index (χ3v) is 12.8.